The third kappa shape index (κ3) is 6.78. The molecule has 1 atom stereocenters. The van der Waals surface area contributed by atoms with Crippen LogP contribution in [0, 0.1) is 0 Å². The minimum absolute atomic E-state index is 0.316. The van der Waals surface area contributed by atoms with Crippen molar-refractivity contribution in [2.45, 2.75) is 72.1 Å². The maximum absolute atomic E-state index is 9.85. The Kier molecular flexibility index (Phi) is 8.91. The Labute approximate surface area is 133 Å². The number of carbonyl (C=O) groups excluding carboxylic acids is 1. The highest BCUT2D eigenvalue weighted by atomic mass is 32.2. The topological polar surface area (TPSA) is 21.4 Å². The molecule has 0 bridgehead atoms. The molecule has 0 aromatic rings. The zero-order chi connectivity index (χ0) is 15.7. The van der Waals surface area contributed by atoms with Crippen molar-refractivity contribution in [1.29, 1.82) is 0 Å². The zero-order valence-electron chi connectivity index (χ0n) is 14.4. The second kappa shape index (κ2) is 10.2. The molecule has 0 radical (unpaired) electrons. The molecule has 0 heterocycles. The van der Waals surface area contributed by atoms with Gasteiger partial charge in [0.2, 0.25) is 0 Å². The summed E-state index contributed by atoms with van der Waals surface area (Å²) in [6.45, 7) is 6.27. The average Bonchev–Trinajstić information content (AvgIpc) is 2.46. The quantitative estimate of drug-likeness (QED) is 0.298. The first-order chi connectivity index (χ1) is 10.1. The fraction of sp³-hybridized carbons (Fsp3) is 0.684. The first-order valence-electron chi connectivity index (χ1n) is 8.49. The second-order valence-electron chi connectivity index (χ2n) is 6.22. The van der Waals surface area contributed by atoms with E-state index in [0.29, 0.717) is 16.3 Å². The molecule has 1 aliphatic carbocycles. The molecule has 0 aliphatic heterocycles. The van der Waals surface area contributed by atoms with Gasteiger partial charge in [0.05, 0.1) is 11.1 Å². The van der Waals surface area contributed by atoms with Crippen LogP contribution < -0.4 is 0 Å². The van der Waals surface area contributed by atoms with Gasteiger partial charge in [0, 0.05) is 0 Å². The lowest BCUT2D eigenvalue weighted by Crippen LogP contribution is -2.11. The van der Waals surface area contributed by atoms with Crippen LogP contribution >= 0.6 is 10.5 Å². The van der Waals surface area contributed by atoms with Crippen LogP contribution in [-0.4, -0.2) is 27.5 Å². The Morgan fingerprint density at radius 2 is 1.33 bits per heavy atom. The maximum Gasteiger partial charge on any atom is 0.345 e. The Bertz CT molecular complexity index is 416. The summed E-state index contributed by atoms with van der Waals surface area (Å²) in [4.78, 5) is 11.3. The van der Waals surface area contributed by atoms with Crippen LogP contribution in [0.3, 0.4) is 0 Å². The van der Waals surface area contributed by atoms with E-state index < -0.39 is 0 Å². The summed E-state index contributed by atoms with van der Waals surface area (Å²) < 4.78 is 0. The molecule has 0 amide bonds. The van der Waals surface area contributed by atoms with E-state index in [2.05, 4.69) is 25.3 Å². The summed E-state index contributed by atoms with van der Waals surface area (Å²) in [6.07, 6.45) is 17.8. The van der Waals surface area contributed by atoms with Crippen LogP contribution in [0.15, 0.2) is 23.3 Å². The van der Waals surface area contributed by atoms with Crippen molar-refractivity contribution in [3.05, 3.63) is 23.3 Å². The van der Waals surface area contributed by atoms with Crippen molar-refractivity contribution in [2.75, 3.05) is 12.0 Å². The van der Waals surface area contributed by atoms with Crippen molar-refractivity contribution < 1.29 is 4.79 Å². The molecule has 0 saturated heterocycles. The lowest BCUT2D eigenvalue weighted by molar-refractivity contribution is 0.586. The van der Waals surface area contributed by atoms with Crippen LogP contribution in [0.1, 0.15) is 72.1 Å². The van der Waals surface area contributed by atoms with E-state index in [1.54, 1.807) is 0 Å². The molecule has 1 rings (SSSR count). The first-order valence-corrected chi connectivity index (χ1v) is 10.3. The third-order valence-corrected chi connectivity index (χ3v) is 6.11. The Hall–Kier alpha value is -0.630. The third-order valence-electron chi connectivity index (χ3n) is 4.17. The summed E-state index contributed by atoms with van der Waals surface area (Å²) in [7, 11) is 0.316. The SMILES string of the molecule is CCCCCCCCCCS(C)=C1C=C(C)C(=[OH+])C(C)=C1. The summed E-state index contributed by atoms with van der Waals surface area (Å²) in [5, 5.41) is 0. The van der Waals surface area contributed by atoms with Crippen molar-refractivity contribution in [2.24, 2.45) is 0 Å². The molecule has 21 heavy (non-hydrogen) atoms. The summed E-state index contributed by atoms with van der Waals surface area (Å²) in [5.74, 6) is 1.75. The van der Waals surface area contributed by atoms with Crippen molar-refractivity contribution in [3.8, 4) is 0 Å². The summed E-state index contributed by atoms with van der Waals surface area (Å²) in [6, 6.07) is 0. The van der Waals surface area contributed by atoms with E-state index in [4.69, 9.17) is 0 Å². The van der Waals surface area contributed by atoms with Crippen molar-refractivity contribution >= 4 is 21.1 Å². The molecule has 0 spiro atoms. The number of ketones is 1. The number of allylic oxidation sites excluding steroid dienone is 4. The first kappa shape index (κ1) is 18.4. The molecule has 1 N–H and O–H groups in total. The predicted octanol–water partition coefficient (Wildman–Crippen LogP) is 5.65. The van der Waals surface area contributed by atoms with E-state index in [9.17, 15) is 4.79 Å². The van der Waals surface area contributed by atoms with Gasteiger partial charge >= 0.3 is 5.78 Å². The molecular weight excluding hydrogens is 276 g/mol. The van der Waals surface area contributed by atoms with Crippen molar-refractivity contribution in [3.63, 3.8) is 0 Å². The molecule has 120 valence electrons. The predicted molar refractivity (Wildman–Crippen MR) is 100 cm³/mol. The van der Waals surface area contributed by atoms with Gasteiger partial charge in [-0.15, -0.1) is 0 Å². The monoisotopic (exact) mass is 309 g/mol. The fourth-order valence-corrected chi connectivity index (χ4v) is 4.32. The van der Waals surface area contributed by atoms with Gasteiger partial charge in [-0.3, -0.25) is 4.79 Å². The zero-order valence-corrected chi connectivity index (χ0v) is 15.2. The molecule has 1 unspecified atom stereocenters. The Morgan fingerprint density at radius 3 is 1.86 bits per heavy atom. The Balaban J connectivity index is 2.29. The van der Waals surface area contributed by atoms with Crippen LogP contribution in [-0.2, 0) is 0 Å². The van der Waals surface area contributed by atoms with E-state index in [-0.39, 0.29) is 0 Å². The van der Waals surface area contributed by atoms with Gasteiger partial charge < -0.3 is 0 Å². The van der Waals surface area contributed by atoms with Crippen LogP contribution in [0.5, 0.6) is 0 Å². The second-order valence-corrected chi connectivity index (χ2v) is 8.38. The van der Waals surface area contributed by atoms with Crippen LogP contribution in [0.4, 0.5) is 0 Å². The minimum atomic E-state index is 0.316. The molecule has 2 heteroatoms. The van der Waals surface area contributed by atoms with Gasteiger partial charge in [0.25, 0.3) is 0 Å². The highest BCUT2D eigenvalue weighted by molar-refractivity contribution is 8.15. The molecule has 0 aromatic heterocycles. The van der Waals surface area contributed by atoms with E-state index in [1.165, 1.54) is 62.0 Å². The Morgan fingerprint density at radius 1 is 0.857 bits per heavy atom. The van der Waals surface area contributed by atoms with Gasteiger partial charge in [-0.25, -0.2) is 0 Å². The average molecular weight is 310 g/mol. The molecule has 0 saturated carbocycles. The minimum Gasteiger partial charge on any atom is -0.273 e. The highest BCUT2D eigenvalue weighted by Gasteiger charge is 2.19. The number of unbranched alkanes of at least 4 members (excludes halogenated alkanes) is 7. The van der Waals surface area contributed by atoms with Crippen molar-refractivity contribution in [1.82, 2.24) is 0 Å². The normalized spacial score (nSPS) is 16.8. The number of hydrogen-bond donors (Lipinski definition) is 0. The smallest absolute Gasteiger partial charge is 0.273 e. The van der Waals surface area contributed by atoms with Gasteiger partial charge in [0.15, 0.2) is 0 Å². The lowest BCUT2D eigenvalue weighted by atomic mass is 9.99. The van der Waals surface area contributed by atoms with Gasteiger partial charge in [-0.2, -0.15) is 10.5 Å². The van der Waals surface area contributed by atoms with Crippen LogP contribution in [0.25, 0.3) is 0 Å². The number of rotatable bonds is 9. The molecule has 0 aromatic carbocycles. The molecule has 0 fully saturated rings. The number of hydrogen-bond acceptors (Lipinski definition) is 0. The van der Waals surface area contributed by atoms with E-state index in [0.717, 1.165) is 11.1 Å². The van der Waals surface area contributed by atoms with E-state index >= 15 is 0 Å². The van der Waals surface area contributed by atoms with E-state index in [1.807, 2.05) is 13.8 Å². The standard InChI is InChI=1S/C19H32OS/c1-5-6-7-8-9-10-11-12-13-21(4)18-14-16(2)19(20)17(3)15-18/h14-15H,5-13H2,1-4H3/p+1. The molecule has 1 nitrogen and oxygen atoms in total. The highest BCUT2D eigenvalue weighted by Crippen LogP contribution is 2.21. The van der Waals surface area contributed by atoms with Gasteiger partial charge in [-0.1, -0.05) is 51.9 Å². The van der Waals surface area contributed by atoms with Gasteiger partial charge in [-0.05, 0) is 49.3 Å². The summed E-state index contributed by atoms with van der Waals surface area (Å²) >= 11 is 0. The maximum atomic E-state index is 9.85. The summed E-state index contributed by atoms with van der Waals surface area (Å²) in [5.41, 5.74) is 2.03. The lowest BCUT2D eigenvalue weighted by Gasteiger charge is -2.11. The van der Waals surface area contributed by atoms with Gasteiger partial charge in [0.1, 0.15) is 0 Å². The molecule has 1 aliphatic rings. The van der Waals surface area contributed by atoms with Crippen LogP contribution in [0.2, 0.25) is 0 Å². The largest absolute Gasteiger partial charge is 0.345 e. The fourth-order valence-electron chi connectivity index (χ4n) is 2.69. The molecular formula is C19H33OS+.